The van der Waals surface area contributed by atoms with E-state index in [0.717, 1.165) is 33.9 Å². The Balaban J connectivity index is 1.59. The maximum absolute atomic E-state index is 14.1. The lowest BCUT2D eigenvalue weighted by Crippen LogP contribution is -2.48. The molecule has 4 heterocycles. The Labute approximate surface area is 202 Å². The highest BCUT2D eigenvalue weighted by Gasteiger charge is 2.50. The summed E-state index contributed by atoms with van der Waals surface area (Å²) in [6.45, 7) is 3.08. The zero-order valence-electron chi connectivity index (χ0n) is 19.4. The lowest BCUT2D eigenvalue weighted by Gasteiger charge is -2.27. The molecule has 9 nitrogen and oxygen atoms in total. The predicted octanol–water partition coefficient (Wildman–Crippen LogP) is 4.44. The van der Waals surface area contributed by atoms with Gasteiger partial charge in [-0.05, 0) is 37.1 Å². The van der Waals surface area contributed by atoms with E-state index in [0.29, 0.717) is 37.5 Å². The molecule has 2 aromatic carbocycles. The Morgan fingerprint density at radius 3 is 2.83 bits per heavy atom. The molecule has 6 rings (SSSR count). The van der Waals surface area contributed by atoms with E-state index in [1.165, 1.54) is 5.01 Å². The van der Waals surface area contributed by atoms with Crippen LogP contribution in [0.25, 0.3) is 21.9 Å². The quantitative estimate of drug-likeness (QED) is 0.469. The van der Waals surface area contributed by atoms with Crippen molar-refractivity contribution in [1.82, 2.24) is 25.0 Å². The van der Waals surface area contributed by atoms with Gasteiger partial charge in [0.2, 0.25) is 5.91 Å². The molecule has 2 aromatic heterocycles. The number of imidazole rings is 1. The number of carbonyl (C=O) groups is 2. The summed E-state index contributed by atoms with van der Waals surface area (Å²) < 4.78 is 0. The molecule has 0 saturated carbocycles. The Morgan fingerprint density at radius 2 is 2.00 bits per heavy atom. The number of hydrazine groups is 1. The smallest absolute Gasteiger partial charge is 0.345 e. The number of H-pyrrole nitrogens is 1. The summed E-state index contributed by atoms with van der Waals surface area (Å²) in [7, 11) is 0. The van der Waals surface area contributed by atoms with Crippen LogP contribution in [0.1, 0.15) is 37.8 Å². The highest BCUT2D eigenvalue weighted by atomic mass is 16.2. The van der Waals surface area contributed by atoms with Gasteiger partial charge >= 0.3 is 6.03 Å². The highest BCUT2D eigenvalue weighted by molar-refractivity contribution is 6.18. The molecule has 9 heteroatoms. The Hall–Kier alpha value is -4.27. The third kappa shape index (κ3) is 3.42. The third-order valence-corrected chi connectivity index (χ3v) is 6.54. The molecule has 1 unspecified atom stereocenters. The maximum Gasteiger partial charge on any atom is 0.350 e. The lowest BCUT2D eigenvalue weighted by atomic mass is 10.0. The van der Waals surface area contributed by atoms with Crippen LogP contribution in [0.4, 0.5) is 10.5 Å². The van der Waals surface area contributed by atoms with Crippen LogP contribution in [0.15, 0.2) is 66.0 Å². The van der Waals surface area contributed by atoms with Crippen molar-refractivity contribution in [2.75, 3.05) is 18.0 Å². The monoisotopic (exact) mass is 467 g/mol. The van der Waals surface area contributed by atoms with Gasteiger partial charge in [0.15, 0.2) is 5.84 Å². The molecule has 0 bridgehead atoms. The molecule has 2 saturated heterocycles. The number of hydrogen-bond acceptors (Lipinski definition) is 5. The average Bonchev–Trinajstić information content (AvgIpc) is 3.59. The fraction of sp³-hybridized carbons (Fsp3) is 0.269. The first-order valence-electron chi connectivity index (χ1n) is 11.9. The van der Waals surface area contributed by atoms with Crippen LogP contribution in [0.3, 0.4) is 0 Å². The number of nitrogens with one attached hydrogen (secondary N) is 1. The molecule has 0 radical (unpaired) electrons. The van der Waals surface area contributed by atoms with Gasteiger partial charge < -0.3 is 4.98 Å². The summed E-state index contributed by atoms with van der Waals surface area (Å²) in [6.07, 6.45) is 5.34. The van der Waals surface area contributed by atoms with Gasteiger partial charge in [0.25, 0.3) is 0 Å². The SMILES string of the molecule is CCCN=C1C(c2cccc3cccnc23)N(c2ccc3[nH]cnc3c2)C(=O)N1N1CCCC1=O. The van der Waals surface area contributed by atoms with Gasteiger partial charge in [-0.1, -0.05) is 31.2 Å². The minimum absolute atomic E-state index is 0.0676. The fourth-order valence-corrected chi connectivity index (χ4v) is 4.95. The molecule has 35 heavy (non-hydrogen) atoms. The molecule has 4 aromatic rings. The summed E-state index contributed by atoms with van der Waals surface area (Å²) in [5, 5.41) is 4.02. The number of aromatic nitrogens is 3. The van der Waals surface area contributed by atoms with E-state index in [4.69, 9.17) is 4.99 Å². The first kappa shape index (κ1) is 21.3. The third-order valence-electron chi connectivity index (χ3n) is 6.54. The van der Waals surface area contributed by atoms with Crippen molar-refractivity contribution >= 4 is 45.4 Å². The molecule has 2 aliphatic rings. The van der Waals surface area contributed by atoms with Crippen molar-refractivity contribution < 1.29 is 9.59 Å². The fourth-order valence-electron chi connectivity index (χ4n) is 4.95. The van der Waals surface area contributed by atoms with Crippen LogP contribution in [0, 0.1) is 0 Å². The minimum Gasteiger partial charge on any atom is -0.345 e. The number of nitrogens with zero attached hydrogens (tertiary/aromatic N) is 6. The number of urea groups is 1. The molecule has 3 amide bonds. The molecule has 176 valence electrons. The highest BCUT2D eigenvalue weighted by Crippen LogP contribution is 2.40. The first-order valence-corrected chi connectivity index (χ1v) is 11.9. The molecule has 0 aliphatic carbocycles. The van der Waals surface area contributed by atoms with Crippen molar-refractivity contribution in [2.24, 2.45) is 4.99 Å². The number of amides is 3. The second-order valence-corrected chi connectivity index (χ2v) is 8.75. The van der Waals surface area contributed by atoms with Crippen LogP contribution >= 0.6 is 0 Å². The van der Waals surface area contributed by atoms with Crippen LogP contribution < -0.4 is 4.90 Å². The van der Waals surface area contributed by atoms with Crippen molar-refractivity contribution in [2.45, 2.75) is 32.2 Å². The summed E-state index contributed by atoms with van der Waals surface area (Å²) in [5.41, 5.74) is 3.99. The molecule has 1 N–H and O–H groups in total. The average molecular weight is 468 g/mol. The van der Waals surface area contributed by atoms with Crippen LogP contribution in [0.5, 0.6) is 0 Å². The van der Waals surface area contributed by atoms with Crippen molar-refractivity contribution in [3.8, 4) is 0 Å². The summed E-state index contributed by atoms with van der Waals surface area (Å²) in [6, 6.07) is 14.7. The Bertz CT molecular complexity index is 1470. The number of rotatable bonds is 5. The van der Waals surface area contributed by atoms with Crippen molar-refractivity contribution in [3.05, 3.63) is 66.6 Å². The van der Waals surface area contributed by atoms with Gasteiger partial charge in [-0.2, -0.15) is 5.01 Å². The van der Waals surface area contributed by atoms with Gasteiger partial charge in [0.05, 0.1) is 22.9 Å². The largest absolute Gasteiger partial charge is 0.350 e. The van der Waals surface area contributed by atoms with Gasteiger partial charge in [-0.3, -0.25) is 19.7 Å². The summed E-state index contributed by atoms with van der Waals surface area (Å²) in [4.78, 5) is 45.7. The number of pyridine rings is 1. The van der Waals surface area contributed by atoms with E-state index in [2.05, 4.69) is 15.0 Å². The number of amidine groups is 1. The van der Waals surface area contributed by atoms with E-state index in [1.807, 2.05) is 55.5 Å². The molecule has 0 spiro atoms. The molecule has 2 fully saturated rings. The summed E-state index contributed by atoms with van der Waals surface area (Å²) in [5.74, 6) is 0.481. The molecular formula is C26H25N7O2. The minimum atomic E-state index is -0.544. The molecule has 1 atom stereocenters. The van der Waals surface area contributed by atoms with Crippen LogP contribution in [0.2, 0.25) is 0 Å². The van der Waals surface area contributed by atoms with E-state index in [-0.39, 0.29) is 11.9 Å². The van der Waals surface area contributed by atoms with Gasteiger partial charge in [0, 0.05) is 42.3 Å². The molecule has 2 aliphatic heterocycles. The standard InChI is InChI=1S/C26H25N7O2/c1-2-12-28-25-24(19-8-3-6-17-7-4-13-27-23(17)19)32(18-10-11-20-21(15-18)30-16-29-20)26(35)33(25)31-14-5-9-22(31)34/h3-4,6-8,10-11,13,15-16,24H,2,5,9,12,14H2,1H3,(H,29,30). The second-order valence-electron chi connectivity index (χ2n) is 8.75. The van der Waals surface area contributed by atoms with Gasteiger partial charge in [-0.25, -0.2) is 14.8 Å². The predicted molar refractivity (Wildman–Crippen MR) is 134 cm³/mol. The number of hydrogen-bond donors (Lipinski definition) is 1. The number of anilines is 1. The first-order chi connectivity index (χ1) is 17.2. The number of aromatic amines is 1. The van der Waals surface area contributed by atoms with E-state index in [9.17, 15) is 9.59 Å². The number of benzene rings is 2. The van der Waals surface area contributed by atoms with E-state index in [1.54, 1.807) is 22.4 Å². The zero-order valence-corrected chi connectivity index (χ0v) is 19.4. The molecular weight excluding hydrogens is 442 g/mol. The Morgan fingerprint density at radius 1 is 1.11 bits per heavy atom. The second kappa shape index (κ2) is 8.50. The van der Waals surface area contributed by atoms with Crippen molar-refractivity contribution in [1.29, 1.82) is 0 Å². The van der Waals surface area contributed by atoms with E-state index < -0.39 is 6.04 Å². The number of carbonyl (C=O) groups excluding carboxylic acids is 2. The number of fused-ring (bicyclic) bond motifs is 2. The Kier molecular flexibility index (Phi) is 5.17. The zero-order chi connectivity index (χ0) is 23.9. The van der Waals surface area contributed by atoms with E-state index >= 15 is 0 Å². The topological polar surface area (TPSA) is 97.8 Å². The number of para-hydroxylation sites is 1. The van der Waals surface area contributed by atoms with Crippen LogP contribution in [-0.2, 0) is 4.79 Å². The number of aliphatic imine (C=N–C) groups is 1. The van der Waals surface area contributed by atoms with Crippen LogP contribution in [-0.4, -0.2) is 55.8 Å². The maximum atomic E-state index is 14.1. The van der Waals surface area contributed by atoms with Gasteiger partial charge in [0.1, 0.15) is 6.04 Å². The summed E-state index contributed by atoms with van der Waals surface area (Å²) >= 11 is 0. The normalized spacial score (nSPS) is 19.7. The lowest BCUT2D eigenvalue weighted by molar-refractivity contribution is -0.134. The van der Waals surface area contributed by atoms with Gasteiger partial charge in [-0.15, -0.1) is 0 Å². The van der Waals surface area contributed by atoms with Crippen molar-refractivity contribution in [3.63, 3.8) is 0 Å².